The van der Waals surface area contributed by atoms with Crippen LogP contribution in [0.1, 0.15) is 6.42 Å². The minimum Gasteiger partial charge on any atom is -0.385 e. The van der Waals surface area contributed by atoms with Crippen molar-refractivity contribution in [2.45, 2.75) is 11.4 Å². The number of halogens is 1. The second-order valence-corrected chi connectivity index (χ2v) is 4.81. The monoisotopic (exact) mass is 260 g/mol. The van der Waals surface area contributed by atoms with Gasteiger partial charge in [-0.2, -0.15) is 0 Å². The molecule has 5 heteroatoms. The summed E-state index contributed by atoms with van der Waals surface area (Å²) in [6.07, 6.45) is 2.73. The van der Waals surface area contributed by atoms with E-state index in [0.29, 0.717) is 5.02 Å². The quantitative estimate of drug-likeness (QED) is 0.575. The highest BCUT2D eigenvalue weighted by Gasteiger charge is 1.95. The van der Waals surface area contributed by atoms with Gasteiger partial charge in [-0.25, -0.2) is 4.98 Å². The Balaban J connectivity index is 2.01. The van der Waals surface area contributed by atoms with Gasteiger partial charge in [0.15, 0.2) is 0 Å². The van der Waals surface area contributed by atoms with Crippen LogP contribution in [-0.4, -0.2) is 37.5 Å². The second kappa shape index (κ2) is 8.82. The number of pyridine rings is 1. The topological polar surface area (TPSA) is 34.1 Å². The molecule has 1 N–H and O–H groups in total. The molecule has 1 heterocycles. The van der Waals surface area contributed by atoms with Crippen molar-refractivity contribution >= 4 is 23.4 Å². The summed E-state index contributed by atoms with van der Waals surface area (Å²) in [5, 5.41) is 5.05. The Labute approximate surface area is 106 Å². The van der Waals surface area contributed by atoms with Gasteiger partial charge >= 0.3 is 0 Å². The highest BCUT2D eigenvalue weighted by Crippen LogP contribution is 2.16. The molecule has 0 saturated carbocycles. The smallest absolute Gasteiger partial charge is 0.0961 e. The maximum atomic E-state index is 5.75. The molecule has 1 aromatic rings. The van der Waals surface area contributed by atoms with E-state index in [1.54, 1.807) is 25.1 Å². The van der Waals surface area contributed by atoms with E-state index in [2.05, 4.69) is 10.3 Å². The van der Waals surface area contributed by atoms with Crippen LogP contribution in [0.5, 0.6) is 0 Å². The van der Waals surface area contributed by atoms with Crippen molar-refractivity contribution in [3.63, 3.8) is 0 Å². The molecule has 90 valence electrons. The summed E-state index contributed by atoms with van der Waals surface area (Å²) in [6, 6.07) is 3.81. The molecule has 0 bridgehead atoms. The van der Waals surface area contributed by atoms with Gasteiger partial charge in [0.25, 0.3) is 0 Å². The molecule has 0 aliphatic carbocycles. The van der Waals surface area contributed by atoms with Crippen LogP contribution in [-0.2, 0) is 4.74 Å². The van der Waals surface area contributed by atoms with Crippen molar-refractivity contribution in [2.75, 3.05) is 32.6 Å². The molecule has 0 aliphatic rings. The van der Waals surface area contributed by atoms with Gasteiger partial charge < -0.3 is 10.1 Å². The van der Waals surface area contributed by atoms with Crippen molar-refractivity contribution in [3.05, 3.63) is 23.4 Å². The molecule has 1 aromatic heterocycles. The van der Waals surface area contributed by atoms with Gasteiger partial charge in [0.05, 0.1) is 10.0 Å². The van der Waals surface area contributed by atoms with Crippen LogP contribution in [0.2, 0.25) is 5.02 Å². The summed E-state index contributed by atoms with van der Waals surface area (Å²) in [4.78, 5) is 4.21. The first-order chi connectivity index (χ1) is 7.83. The number of ether oxygens (including phenoxy) is 1. The van der Waals surface area contributed by atoms with E-state index in [9.17, 15) is 0 Å². The SMILES string of the molecule is COCCCNCCSc1ccc(Cl)cn1. The molecule has 0 atom stereocenters. The molecule has 1 rings (SSSR count). The second-order valence-electron chi connectivity index (χ2n) is 3.26. The Morgan fingerprint density at radius 1 is 1.44 bits per heavy atom. The molecule has 0 aromatic carbocycles. The fourth-order valence-corrected chi connectivity index (χ4v) is 2.00. The minimum atomic E-state index is 0.682. The number of nitrogens with one attached hydrogen (secondary N) is 1. The van der Waals surface area contributed by atoms with Crippen LogP contribution in [0.3, 0.4) is 0 Å². The summed E-state index contributed by atoms with van der Waals surface area (Å²) in [6.45, 7) is 2.81. The summed E-state index contributed by atoms with van der Waals surface area (Å²) in [5.41, 5.74) is 0. The lowest BCUT2D eigenvalue weighted by Crippen LogP contribution is -2.19. The molecule has 0 fully saturated rings. The van der Waals surface area contributed by atoms with Crippen molar-refractivity contribution < 1.29 is 4.74 Å². The lowest BCUT2D eigenvalue weighted by atomic mass is 10.4. The zero-order valence-electron chi connectivity index (χ0n) is 9.41. The first kappa shape index (κ1) is 13.8. The molecule has 0 saturated heterocycles. The van der Waals surface area contributed by atoms with Gasteiger partial charge in [-0.1, -0.05) is 11.6 Å². The predicted octanol–water partition coefficient (Wildman–Crippen LogP) is 2.45. The fourth-order valence-electron chi connectivity index (χ4n) is 1.14. The average molecular weight is 261 g/mol. The maximum Gasteiger partial charge on any atom is 0.0961 e. The number of rotatable bonds is 8. The van der Waals surface area contributed by atoms with E-state index in [1.807, 2.05) is 12.1 Å². The third kappa shape index (κ3) is 6.33. The first-order valence-corrected chi connectivity index (χ1v) is 6.63. The van der Waals surface area contributed by atoms with E-state index in [0.717, 1.165) is 36.9 Å². The van der Waals surface area contributed by atoms with E-state index in [4.69, 9.17) is 16.3 Å². The van der Waals surface area contributed by atoms with Crippen molar-refractivity contribution in [1.82, 2.24) is 10.3 Å². The average Bonchev–Trinajstić information content (AvgIpc) is 2.30. The van der Waals surface area contributed by atoms with Gasteiger partial charge in [0, 0.05) is 32.2 Å². The first-order valence-electron chi connectivity index (χ1n) is 5.27. The van der Waals surface area contributed by atoms with Crippen molar-refractivity contribution in [3.8, 4) is 0 Å². The Hall–Kier alpha value is -0.290. The Morgan fingerprint density at radius 2 is 2.31 bits per heavy atom. The molecule has 0 unspecified atom stereocenters. The molecule has 0 spiro atoms. The number of hydrogen-bond donors (Lipinski definition) is 1. The van der Waals surface area contributed by atoms with Crippen LogP contribution in [0.4, 0.5) is 0 Å². The largest absolute Gasteiger partial charge is 0.385 e. The summed E-state index contributed by atoms with van der Waals surface area (Å²) in [5.74, 6) is 1.02. The van der Waals surface area contributed by atoms with E-state index in [-0.39, 0.29) is 0 Å². The van der Waals surface area contributed by atoms with Gasteiger partial charge in [0.2, 0.25) is 0 Å². The third-order valence-corrected chi connectivity index (χ3v) is 3.10. The maximum absolute atomic E-state index is 5.75. The number of thioether (sulfide) groups is 1. The molecule has 3 nitrogen and oxygen atoms in total. The summed E-state index contributed by atoms with van der Waals surface area (Å²) < 4.78 is 4.96. The molecule has 16 heavy (non-hydrogen) atoms. The molecule has 0 amide bonds. The summed E-state index contributed by atoms with van der Waals surface area (Å²) >= 11 is 7.48. The standard InChI is InChI=1S/C11H17ClN2OS/c1-15-7-2-5-13-6-8-16-11-4-3-10(12)9-14-11/h3-4,9,13H,2,5-8H2,1H3. The van der Waals surface area contributed by atoms with Gasteiger partial charge in [-0.15, -0.1) is 11.8 Å². The van der Waals surface area contributed by atoms with E-state index < -0.39 is 0 Å². The Kier molecular flexibility index (Phi) is 7.59. The molecule has 0 aliphatic heterocycles. The van der Waals surface area contributed by atoms with E-state index >= 15 is 0 Å². The zero-order chi connectivity index (χ0) is 11.6. The Morgan fingerprint density at radius 3 is 3.00 bits per heavy atom. The normalized spacial score (nSPS) is 10.6. The number of aromatic nitrogens is 1. The van der Waals surface area contributed by atoms with Crippen LogP contribution in [0.25, 0.3) is 0 Å². The lowest BCUT2D eigenvalue weighted by Gasteiger charge is -2.03. The van der Waals surface area contributed by atoms with Crippen LogP contribution in [0.15, 0.2) is 23.4 Å². The van der Waals surface area contributed by atoms with Gasteiger partial charge in [0.1, 0.15) is 0 Å². The van der Waals surface area contributed by atoms with Gasteiger partial charge in [-0.05, 0) is 25.1 Å². The summed E-state index contributed by atoms with van der Waals surface area (Å²) in [7, 11) is 1.72. The molecule has 0 radical (unpaired) electrons. The highest BCUT2D eigenvalue weighted by atomic mass is 35.5. The number of methoxy groups -OCH3 is 1. The van der Waals surface area contributed by atoms with Crippen LogP contribution < -0.4 is 5.32 Å². The lowest BCUT2D eigenvalue weighted by molar-refractivity contribution is 0.194. The Bertz CT molecular complexity index is 282. The van der Waals surface area contributed by atoms with Crippen LogP contribution >= 0.6 is 23.4 Å². The molecular formula is C11H17ClN2OS. The third-order valence-electron chi connectivity index (χ3n) is 1.93. The van der Waals surface area contributed by atoms with E-state index in [1.165, 1.54) is 0 Å². The van der Waals surface area contributed by atoms with Gasteiger partial charge in [-0.3, -0.25) is 0 Å². The zero-order valence-corrected chi connectivity index (χ0v) is 11.0. The minimum absolute atomic E-state index is 0.682. The fraction of sp³-hybridized carbons (Fsp3) is 0.545. The highest BCUT2D eigenvalue weighted by molar-refractivity contribution is 7.99. The number of nitrogens with zero attached hydrogens (tertiary/aromatic N) is 1. The van der Waals surface area contributed by atoms with Crippen LogP contribution in [0, 0.1) is 0 Å². The number of hydrogen-bond acceptors (Lipinski definition) is 4. The predicted molar refractivity (Wildman–Crippen MR) is 69.3 cm³/mol. The van der Waals surface area contributed by atoms with Crippen molar-refractivity contribution in [2.24, 2.45) is 0 Å². The van der Waals surface area contributed by atoms with Crippen molar-refractivity contribution in [1.29, 1.82) is 0 Å². The molecular weight excluding hydrogens is 244 g/mol.